The van der Waals surface area contributed by atoms with E-state index in [1.807, 2.05) is 12.1 Å². The lowest BCUT2D eigenvalue weighted by atomic mass is 10.2. The summed E-state index contributed by atoms with van der Waals surface area (Å²) in [5, 5.41) is 8.09. The number of hydrogen-bond acceptors (Lipinski definition) is 9. The molecular formula is C24H20N6O4S. The van der Waals surface area contributed by atoms with Crippen molar-refractivity contribution in [2.24, 2.45) is 0 Å². The molecule has 0 bridgehead atoms. The first-order valence-corrected chi connectivity index (χ1v) is 12.4. The van der Waals surface area contributed by atoms with E-state index in [9.17, 15) is 13.2 Å². The topological polar surface area (TPSA) is 128 Å². The average molecular weight is 489 g/mol. The number of ether oxygens (including phenoxy) is 1. The lowest BCUT2D eigenvalue weighted by Crippen LogP contribution is -2.12. The third-order valence-corrected chi connectivity index (χ3v) is 7.22. The molecule has 5 rings (SSSR count). The van der Waals surface area contributed by atoms with Gasteiger partial charge in [-0.1, -0.05) is 19.1 Å². The van der Waals surface area contributed by atoms with Crippen LogP contribution in [-0.2, 0) is 9.84 Å². The van der Waals surface area contributed by atoms with Gasteiger partial charge in [0.2, 0.25) is 5.95 Å². The monoisotopic (exact) mass is 488 g/mol. The summed E-state index contributed by atoms with van der Waals surface area (Å²) in [5.41, 5.74) is 0.995. The highest BCUT2D eigenvalue weighted by atomic mass is 32.2. The number of nitrogens with zero attached hydrogens (tertiary/aromatic N) is 5. The number of nitrogens with one attached hydrogen (secondary N) is 1. The van der Waals surface area contributed by atoms with Gasteiger partial charge >= 0.3 is 0 Å². The van der Waals surface area contributed by atoms with Crippen LogP contribution in [0.15, 0.2) is 76.6 Å². The van der Waals surface area contributed by atoms with Crippen LogP contribution in [0.1, 0.15) is 6.92 Å². The van der Waals surface area contributed by atoms with Crippen molar-refractivity contribution in [3.05, 3.63) is 77.2 Å². The van der Waals surface area contributed by atoms with Crippen molar-refractivity contribution in [3.63, 3.8) is 0 Å². The second kappa shape index (κ2) is 8.76. The zero-order valence-electron chi connectivity index (χ0n) is 18.8. The molecule has 0 aliphatic heterocycles. The molecule has 0 radical (unpaired) electrons. The van der Waals surface area contributed by atoms with Gasteiger partial charge < -0.3 is 10.1 Å². The second-order valence-electron chi connectivity index (χ2n) is 7.56. The minimum Gasteiger partial charge on any atom is -0.497 e. The standard InChI is InChI=1S/C24H20N6O4S/c1-3-35(32,33)19-9-6-7-17-20(19)27-24(26-18-8-4-5-14-25-23(18)31)30-22(17)28-21(29-30)15-10-12-16(34-2)13-11-15/h4-14H,3H2,1-2H3,(H,25,26,27,31). The Hall–Kier alpha value is -4.38. The molecule has 0 aliphatic rings. The van der Waals surface area contributed by atoms with Crippen LogP contribution in [0, 0.1) is 0 Å². The molecule has 0 spiro atoms. The Bertz CT molecular complexity index is 1730. The molecule has 0 fully saturated rings. The highest BCUT2D eigenvalue weighted by molar-refractivity contribution is 7.91. The maximum absolute atomic E-state index is 12.8. The highest BCUT2D eigenvalue weighted by Gasteiger charge is 2.22. The molecule has 176 valence electrons. The lowest BCUT2D eigenvalue weighted by Gasteiger charge is -2.10. The SMILES string of the molecule is CCS(=O)(=O)c1cccc2c1nc(Nc1ccccnc1=O)n1nc(-c3ccc(OC)cc3)nc21. The fourth-order valence-electron chi connectivity index (χ4n) is 3.62. The fourth-order valence-corrected chi connectivity index (χ4v) is 4.67. The van der Waals surface area contributed by atoms with Crippen molar-refractivity contribution in [1.29, 1.82) is 0 Å². The molecule has 0 aliphatic carbocycles. The van der Waals surface area contributed by atoms with E-state index in [-0.39, 0.29) is 27.8 Å². The van der Waals surface area contributed by atoms with E-state index in [0.29, 0.717) is 22.6 Å². The van der Waals surface area contributed by atoms with Crippen LogP contribution in [0.2, 0.25) is 0 Å². The number of fused-ring (bicyclic) bond motifs is 3. The lowest BCUT2D eigenvalue weighted by molar-refractivity contribution is 0.415. The first-order chi connectivity index (χ1) is 16.9. The van der Waals surface area contributed by atoms with E-state index < -0.39 is 15.4 Å². The maximum atomic E-state index is 12.8. The van der Waals surface area contributed by atoms with Crippen molar-refractivity contribution in [2.45, 2.75) is 11.8 Å². The molecule has 0 saturated heterocycles. The quantitative estimate of drug-likeness (QED) is 0.383. The molecule has 0 amide bonds. The summed E-state index contributed by atoms with van der Waals surface area (Å²) in [7, 11) is -2.01. The molecule has 1 N–H and O–H groups in total. The van der Waals surface area contributed by atoms with Crippen molar-refractivity contribution < 1.29 is 13.2 Å². The number of sulfone groups is 1. The van der Waals surface area contributed by atoms with Gasteiger partial charge in [0, 0.05) is 17.1 Å². The number of anilines is 2. The molecule has 2 aromatic carbocycles. The molecule has 3 heterocycles. The average Bonchev–Trinajstić information content (AvgIpc) is 3.23. The van der Waals surface area contributed by atoms with E-state index in [0.717, 1.165) is 5.56 Å². The Morgan fingerprint density at radius 2 is 1.80 bits per heavy atom. The summed E-state index contributed by atoms with van der Waals surface area (Å²) >= 11 is 0. The van der Waals surface area contributed by atoms with E-state index >= 15 is 0 Å². The normalized spacial score (nSPS) is 11.6. The van der Waals surface area contributed by atoms with Gasteiger partial charge in [-0.2, -0.15) is 4.52 Å². The second-order valence-corrected chi connectivity index (χ2v) is 9.81. The van der Waals surface area contributed by atoms with Crippen molar-refractivity contribution in [2.75, 3.05) is 18.2 Å². The minimum atomic E-state index is -3.59. The van der Waals surface area contributed by atoms with Crippen LogP contribution < -0.4 is 15.6 Å². The van der Waals surface area contributed by atoms with Gasteiger partial charge in [0.1, 0.15) is 11.4 Å². The summed E-state index contributed by atoms with van der Waals surface area (Å²) in [4.78, 5) is 25.6. The summed E-state index contributed by atoms with van der Waals surface area (Å²) in [5.74, 6) is 1.12. The number of hydrogen-bond donors (Lipinski definition) is 1. The van der Waals surface area contributed by atoms with Gasteiger partial charge in [-0.3, -0.25) is 4.79 Å². The van der Waals surface area contributed by atoms with Crippen LogP contribution in [0.4, 0.5) is 11.6 Å². The fraction of sp³-hybridized carbons (Fsp3) is 0.125. The number of aromatic nitrogens is 5. The van der Waals surface area contributed by atoms with Gasteiger partial charge in [0.05, 0.1) is 23.3 Å². The first-order valence-electron chi connectivity index (χ1n) is 10.7. The Morgan fingerprint density at radius 1 is 1.00 bits per heavy atom. The summed E-state index contributed by atoms with van der Waals surface area (Å²) in [6.07, 6.45) is 1.39. The minimum absolute atomic E-state index is 0.0798. The Labute approximate surface area is 200 Å². The van der Waals surface area contributed by atoms with Crippen LogP contribution in [0.3, 0.4) is 0 Å². The predicted molar refractivity (Wildman–Crippen MR) is 132 cm³/mol. The van der Waals surface area contributed by atoms with Crippen LogP contribution in [-0.4, -0.2) is 45.8 Å². The van der Waals surface area contributed by atoms with Gasteiger partial charge in [-0.15, -0.1) is 5.10 Å². The zero-order valence-corrected chi connectivity index (χ0v) is 19.7. The largest absolute Gasteiger partial charge is 0.497 e. The Morgan fingerprint density at radius 3 is 2.54 bits per heavy atom. The van der Waals surface area contributed by atoms with Crippen molar-refractivity contribution >= 4 is 38.0 Å². The Balaban J connectivity index is 1.81. The van der Waals surface area contributed by atoms with E-state index in [2.05, 4.69) is 20.4 Å². The van der Waals surface area contributed by atoms with Crippen molar-refractivity contribution in [3.8, 4) is 17.1 Å². The highest BCUT2D eigenvalue weighted by Crippen LogP contribution is 2.30. The van der Waals surface area contributed by atoms with Gasteiger partial charge in [0.15, 0.2) is 21.3 Å². The summed E-state index contributed by atoms with van der Waals surface area (Å²) in [6, 6.07) is 17.0. The van der Waals surface area contributed by atoms with E-state index in [1.165, 1.54) is 16.8 Å². The number of rotatable bonds is 6. The Kier molecular flexibility index (Phi) is 5.61. The van der Waals surface area contributed by atoms with Gasteiger partial charge in [-0.05, 0) is 48.5 Å². The van der Waals surface area contributed by atoms with Gasteiger partial charge in [-0.25, -0.2) is 23.4 Å². The van der Waals surface area contributed by atoms with Crippen LogP contribution in [0.5, 0.6) is 5.75 Å². The number of para-hydroxylation sites is 1. The molecular weight excluding hydrogens is 468 g/mol. The summed E-state index contributed by atoms with van der Waals surface area (Å²) in [6.45, 7) is 1.57. The zero-order chi connectivity index (χ0) is 24.6. The molecule has 3 aromatic heterocycles. The molecule has 0 saturated carbocycles. The molecule has 0 unspecified atom stereocenters. The van der Waals surface area contributed by atoms with E-state index in [4.69, 9.17) is 9.72 Å². The van der Waals surface area contributed by atoms with E-state index in [1.54, 1.807) is 56.5 Å². The first kappa shape index (κ1) is 22.4. The molecule has 35 heavy (non-hydrogen) atoms. The van der Waals surface area contributed by atoms with Crippen molar-refractivity contribution in [1.82, 2.24) is 24.6 Å². The third-order valence-electron chi connectivity index (χ3n) is 5.46. The molecule has 10 nitrogen and oxygen atoms in total. The summed E-state index contributed by atoms with van der Waals surface area (Å²) < 4.78 is 32.3. The van der Waals surface area contributed by atoms with Crippen LogP contribution in [0.25, 0.3) is 27.9 Å². The third kappa shape index (κ3) is 4.06. The predicted octanol–water partition coefficient (Wildman–Crippen LogP) is 3.25. The molecule has 5 aromatic rings. The number of benzene rings is 2. The van der Waals surface area contributed by atoms with Gasteiger partial charge in [0.25, 0.3) is 5.56 Å². The maximum Gasteiger partial charge on any atom is 0.293 e. The molecule has 0 atom stereocenters. The molecule has 11 heteroatoms. The van der Waals surface area contributed by atoms with Crippen LogP contribution >= 0.6 is 0 Å². The smallest absolute Gasteiger partial charge is 0.293 e. The number of methoxy groups -OCH3 is 1.